The van der Waals surface area contributed by atoms with Crippen LogP contribution in [0, 0.1) is 5.92 Å². The van der Waals surface area contributed by atoms with E-state index in [-0.39, 0.29) is 5.91 Å². The van der Waals surface area contributed by atoms with E-state index >= 15 is 0 Å². The minimum Gasteiger partial charge on any atom is -0.497 e. The molecule has 122 valence electrons. The van der Waals surface area contributed by atoms with Crippen LogP contribution in [0.1, 0.15) is 38.7 Å². The first-order valence-corrected chi connectivity index (χ1v) is 8.05. The third-order valence-corrected chi connectivity index (χ3v) is 3.91. The van der Waals surface area contributed by atoms with Crippen LogP contribution in [0.5, 0.6) is 11.5 Å². The molecule has 0 saturated heterocycles. The number of amides is 1. The Hall–Kier alpha value is -1.71. The van der Waals surface area contributed by atoms with Gasteiger partial charge in [0.25, 0.3) is 0 Å². The van der Waals surface area contributed by atoms with Crippen molar-refractivity contribution in [3.63, 3.8) is 0 Å². The second-order valence-corrected chi connectivity index (χ2v) is 6.39. The van der Waals surface area contributed by atoms with Crippen LogP contribution in [0.15, 0.2) is 18.2 Å². The number of methoxy groups -OCH3 is 2. The summed E-state index contributed by atoms with van der Waals surface area (Å²) in [6.07, 6.45) is 3.57. The topological polar surface area (TPSA) is 38.8 Å². The SMILES string of the molecule is COc1cc(CCC(=O)N(CC(C)C)C2CC2)cc(OC)c1. The van der Waals surface area contributed by atoms with Crippen molar-refractivity contribution in [2.45, 2.75) is 45.6 Å². The zero-order valence-corrected chi connectivity index (χ0v) is 14.1. The third kappa shape index (κ3) is 4.65. The summed E-state index contributed by atoms with van der Waals surface area (Å²) in [5.74, 6) is 2.31. The average molecular weight is 305 g/mol. The molecule has 4 nitrogen and oxygen atoms in total. The average Bonchev–Trinajstić information content (AvgIpc) is 3.34. The van der Waals surface area contributed by atoms with Crippen LogP contribution < -0.4 is 9.47 Å². The van der Waals surface area contributed by atoms with E-state index in [0.29, 0.717) is 24.8 Å². The number of ether oxygens (including phenoxy) is 2. The number of hydrogen-bond acceptors (Lipinski definition) is 3. The van der Waals surface area contributed by atoms with Crippen molar-refractivity contribution >= 4 is 5.91 Å². The first-order chi connectivity index (χ1) is 10.5. The molecule has 0 spiro atoms. The third-order valence-electron chi connectivity index (χ3n) is 3.91. The highest BCUT2D eigenvalue weighted by Crippen LogP contribution is 2.29. The Bertz CT molecular complexity index is 487. The van der Waals surface area contributed by atoms with E-state index in [9.17, 15) is 4.79 Å². The van der Waals surface area contributed by atoms with E-state index < -0.39 is 0 Å². The highest BCUT2D eigenvalue weighted by molar-refractivity contribution is 5.77. The highest BCUT2D eigenvalue weighted by atomic mass is 16.5. The van der Waals surface area contributed by atoms with Gasteiger partial charge in [-0.3, -0.25) is 4.79 Å². The minimum atomic E-state index is 0.262. The largest absolute Gasteiger partial charge is 0.497 e. The monoisotopic (exact) mass is 305 g/mol. The van der Waals surface area contributed by atoms with Crippen molar-refractivity contribution < 1.29 is 14.3 Å². The molecule has 0 N–H and O–H groups in total. The molecule has 0 aromatic heterocycles. The van der Waals surface area contributed by atoms with E-state index in [4.69, 9.17) is 9.47 Å². The first kappa shape index (κ1) is 16.7. The molecule has 22 heavy (non-hydrogen) atoms. The summed E-state index contributed by atoms with van der Waals surface area (Å²) in [6.45, 7) is 5.19. The quantitative estimate of drug-likeness (QED) is 0.740. The molecule has 0 bridgehead atoms. The smallest absolute Gasteiger partial charge is 0.223 e. The summed E-state index contributed by atoms with van der Waals surface area (Å²) in [5.41, 5.74) is 1.07. The van der Waals surface area contributed by atoms with Gasteiger partial charge in [0.1, 0.15) is 11.5 Å². The molecule has 4 heteroatoms. The maximum Gasteiger partial charge on any atom is 0.223 e. The summed E-state index contributed by atoms with van der Waals surface area (Å²) in [7, 11) is 3.28. The molecule has 0 aliphatic heterocycles. The van der Waals surface area contributed by atoms with Gasteiger partial charge in [-0.05, 0) is 42.9 Å². The normalized spacial score (nSPS) is 14.0. The highest BCUT2D eigenvalue weighted by Gasteiger charge is 2.32. The molecule has 1 aromatic rings. The van der Waals surface area contributed by atoms with Gasteiger partial charge in [0.15, 0.2) is 0 Å². The standard InChI is InChI=1S/C18H27NO3/c1-13(2)12-19(15-6-7-15)18(20)8-5-14-9-16(21-3)11-17(10-14)22-4/h9-11,13,15H,5-8,12H2,1-4H3. The van der Waals surface area contributed by atoms with Crippen molar-refractivity contribution in [3.8, 4) is 11.5 Å². The lowest BCUT2D eigenvalue weighted by molar-refractivity contribution is -0.132. The molecule has 0 heterocycles. The molecule has 1 aromatic carbocycles. The number of hydrogen-bond donors (Lipinski definition) is 0. The Kier molecular flexibility index (Phi) is 5.69. The van der Waals surface area contributed by atoms with Gasteiger partial charge in [0, 0.05) is 25.1 Å². The number of aryl methyl sites for hydroxylation is 1. The molecular formula is C18H27NO3. The van der Waals surface area contributed by atoms with Crippen LogP contribution in [0.2, 0.25) is 0 Å². The number of nitrogens with zero attached hydrogens (tertiary/aromatic N) is 1. The van der Waals surface area contributed by atoms with Gasteiger partial charge in [-0.15, -0.1) is 0 Å². The Balaban J connectivity index is 1.97. The molecule has 0 radical (unpaired) electrons. The number of rotatable bonds is 8. The van der Waals surface area contributed by atoms with Crippen LogP contribution in [0.25, 0.3) is 0 Å². The fourth-order valence-corrected chi connectivity index (χ4v) is 2.64. The summed E-state index contributed by atoms with van der Waals surface area (Å²) >= 11 is 0. The predicted molar refractivity (Wildman–Crippen MR) is 87.4 cm³/mol. The van der Waals surface area contributed by atoms with E-state index in [1.165, 1.54) is 0 Å². The number of benzene rings is 1. The van der Waals surface area contributed by atoms with Gasteiger partial charge in [-0.1, -0.05) is 13.8 Å². The van der Waals surface area contributed by atoms with Crippen LogP contribution in [-0.4, -0.2) is 37.6 Å². The molecule has 1 saturated carbocycles. The molecular weight excluding hydrogens is 278 g/mol. The molecule has 1 aliphatic carbocycles. The van der Waals surface area contributed by atoms with Crippen molar-refractivity contribution in [1.29, 1.82) is 0 Å². The molecule has 0 atom stereocenters. The Morgan fingerprint density at radius 1 is 1.18 bits per heavy atom. The van der Waals surface area contributed by atoms with Crippen LogP contribution in [0.4, 0.5) is 0 Å². The van der Waals surface area contributed by atoms with E-state index in [0.717, 1.165) is 36.4 Å². The van der Waals surface area contributed by atoms with Gasteiger partial charge in [-0.25, -0.2) is 0 Å². The van der Waals surface area contributed by atoms with E-state index in [2.05, 4.69) is 18.7 Å². The van der Waals surface area contributed by atoms with Crippen LogP contribution in [-0.2, 0) is 11.2 Å². The van der Waals surface area contributed by atoms with Gasteiger partial charge in [-0.2, -0.15) is 0 Å². The molecule has 1 fully saturated rings. The Morgan fingerprint density at radius 3 is 2.23 bits per heavy atom. The minimum absolute atomic E-state index is 0.262. The number of carbonyl (C=O) groups is 1. The second-order valence-electron chi connectivity index (χ2n) is 6.39. The van der Waals surface area contributed by atoms with Crippen molar-refractivity contribution in [3.05, 3.63) is 23.8 Å². The van der Waals surface area contributed by atoms with E-state index in [1.807, 2.05) is 18.2 Å². The Morgan fingerprint density at radius 2 is 1.77 bits per heavy atom. The summed E-state index contributed by atoms with van der Waals surface area (Å²) in [4.78, 5) is 14.6. The lowest BCUT2D eigenvalue weighted by Crippen LogP contribution is -2.36. The van der Waals surface area contributed by atoms with Crippen molar-refractivity contribution in [2.24, 2.45) is 5.92 Å². The fourth-order valence-electron chi connectivity index (χ4n) is 2.64. The molecule has 0 unspecified atom stereocenters. The van der Waals surface area contributed by atoms with E-state index in [1.54, 1.807) is 14.2 Å². The lowest BCUT2D eigenvalue weighted by Gasteiger charge is -2.24. The summed E-state index contributed by atoms with van der Waals surface area (Å²) in [6, 6.07) is 6.27. The van der Waals surface area contributed by atoms with Crippen molar-refractivity contribution in [1.82, 2.24) is 4.90 Å². The summed E-state index contributed by atoms with van der Waals surface area (Å²) < 4.78 is 10.6. The van der Waals surface area contributed by atoms with Gasteiger partial charge >= 0.3 is 0 Å². The predicted octanol–water partition coefficient (Wildman–Crippen LogP) is 3.28. The maximum absolute atomic E-state index is 12.5. The number of carbonyl (C=O) groups excluding carboxylic acids is 1. The second kappa shape index (κ2) is 7.52. The zero-order valence-electron chi connectivity index (χ0n) is 14.1. The molecule has 2 rings (SSSR count). The van der Waals surface area contributed by atoms with Gasteiger partial charge in [0.05, 0.1) is 14.2 Å². The molecule has 1 amide bonds. The molecule has 1 aliphatic rings. The Labute approximate surface area is 133 Å². The van der Waals surface area contributed by atoms with Crippen LogP contribution >= 0.6 is 0 Å². The zero-order chi connectivity index (χ0) is 16.1. The summed E-state index contributed by atoms with van der Waals surface area (Å²) in [5, 5.41) is 0. The van der Waals surface area contributed by atoms with Crippen LogP contribution in [0.3, 0.4) is 0 Å². The van der Waals surface area contributed by atoms with Gasteiger partial charge in [0.2, 0.25) is 5.91 Å². The van der Waals surface area contributed by atoms with Crippen molar-refractivity contribution in [2.75, 3.05) is 20.8 Å². The maximum atomic E-state index is 12.5. The fraction of sp³-hybridized carbons (Fsp3) is 0.611. The first-order valence-electron chi connectivity index (χ1n) is 8.05. The lowest BCUT2D eigenvalue weighted by atomic mass is 10.1. The van der Waals surface area contributed by atoms with Gasteiger partial charge < -0.3 is 14.4 Å².